The van der Waals surface area contributed by atoms with Crippen molar-refractivity contribution in [3.63, 3.8) is 0 Å². The smallest absolute Gasteiger partial charge is 0.225 e. The number of likely N-dealkylation sites (tertiary alicyclic amines) is 1. The van der Waals surface area contributed by atoms with Gasteiger partial charge in [0, 0.05) is 31.6 Å². The Kier molecular flexibility index (Phi) is 8.04. The lowest BCUT2D eigenvalue weighted by Gasteiger charge is -2.22. The highest BCUT2D eigenvalue weighted by atomic mass is 35.5. The van der Waals surface area contributed by atoms with Crippen molar-refractivity contribution in [2.75, 3.05) is 26.2 Å². The second-order valence-corrected chi connectivity index (χ2v) is 8.38. The van der Waals surface area contributed by atoms with Crippen molar-refractivity contribution < 1.29 is 9.53 Å². The summed E-state index contributed by atoms with van der Waals surface area (Å²) in [5.74, 6) is 2.03. The first kappa shape index (κ1) is 21.8. The Morgan fingerprint density at radius 1 is 1.31 bits per heavy atom. The number of ether oxygens (including phenoxy) is 1. The number of halogens is 1. The first-order chi connectivity index (χ1) is 14.1. The number of carbonyl (C=O) groups is 1. The molecule has 1 heterocycles. The van der Waals surface area contributed by atoms with Crippen LogP contribution in [0.3, 0.4) is 0 Å². The molecule has 3 rings (SSSR count). The molecule has 1 saturated heterocycles. The highest BCUT2D eigenvalue weighted by Crippen LogP contribution is 2.28. The Morgan fingerprint density at radius 3 is 2.79 bits per heavy atom. The van der Waals surface area contributed by atoms with Crippen molar-refractivity contribution in [2.24, 2.45) is 10.9 Å². The second-order valence-electron chi connectivity index (χ2n) is 7.97. The summed E-state index contributed by atoms with van der Waals surface area (Å²) in [6.45, 7) is 6.91. The number of amides is 1. The van der Waals surface area contributed by atoms with Gasteiger partial charge >= 0.3 is 0 Å². The molecular formula is C22H33ClN4O2. The van der Waals surface area contributed by atoms with E-state index < -0.39 is 0 Å². The molecule has 29 heavy (non-hydrogen) atoms. The van der Waals surface area contributed by atoms with Crippen LogP contribution in [0.2, 0.25) is 5.02 Å². The molecule has 6 nitrogen and oxygen atoms in total. The molecule has 0 aromatic heterocycles. The lowest BCUT2D eigenvalue weighted by molar-refractivity contribution is -0.134. The quantitative estimate of drug-likeness (QED) is 0.523. The molecule has 1 aromatic carbocycles. The predicted molar refractivity (Wildman–Crippen MR) is 118 cm³/mol. The third kappa shape index (κ3) is 6.26. The molecule has 2 aliphatic rings. The van der Waals surface area contributed by atoms with E-state index in [0.29, 0.717) is 23.2 Å². The number of hydrogen-bond acceptors (Lipinski definition) is 3. The van der Waals surface area contributed by atoms with Gasteiger partial charge in [-0.05, 0) is 45.2 Å². The van der Waals surface area contributed by atoms with E-state index in [9.17, 15) is 4.79 Å². The van der Waals surface area contributed by atoms with Gasteiger partial charge in [-0.25, -0.2) is 4.99 Å². The molecule has 1 aromatic rings. The normalized spacial score (nSPS) is 21.3. The number of benzene rings is 1. The molecule has 160 valence electrons. The van der Waals surface area contributed by atoms with E-state index in [1.54, 1.807) is 0 Å². The van der Waals surface area contributed by atoms with Crippen molar-refractivity contribution in [3.8, 4) is 5.75 Å². The van der Waals surface area contributed by atoms with Crippen LogP contribution in [-0.2, 0) is 4.79 Å². The minimum atomic E-state index is -0.102. The van der Waals surface area contributed by atoms with Crippen LogP contribution in [0, 0.1) is 5.92 Å². The van der Waals surface area contributed by atoms with E-state index in [1.807, 2.05) is 43.0 Å². The highest BCUT2D eigenvalue weighted by Gasteiger charge is 2.32. The van der Waals surface area contributed by atoms with Gasteiger partial charge in [-0.3, -0.25) is 4.79 Å². The monoisotopic (exact) mass is 420 g/mol. The molecule has 0 spiro atoms. The summed E-state index contributed by atoms with van der Waals surface area (Å²) in [6, 6.07) is 7.70. The summed E-state index contributed by atoms with van der Waals surface area (Å²) < 4.78 is 5.90. The van der Waals surface area contributed by atoms with Crippen molar-refractivity contribution in [1.82, 2.24) is 15.5 Å². The van der Waals surface area contributed by atoms with Gasteiger partial charge in [0.15, 0.2) is 5.96 Å². The average molecular weight is 421 g/mol. The number of aliphatic imine (C=N–C) groups is 1. The van der Waals surface area contributed by atoms with Crippen LogP contribution in [0.25, 0.3) is 0 Å². The van der Waals surface area contributed by atoms with Crippen LogP contribution in [0.15, 0.2) is 29.3 Å². The molecule has 2 unspecified atom stereocenters. The molecule has 2 fully saturated rings. The van der Waals surface area contributed by atoms with Crippen molar-refractivity contribution >= 4 is 23.5 Å². The number of carbonyl (C=O) groups excluding carboxylic acids is 1. The SMILES string of the molecule is CCNC(=NCC(C)Oc1ccccc1Cl)NC1CCN(C(=O)C2CCCC2)C1. The molecule has 1 aliphatic heterocycles. The molecule has 1 saturated carbocycles. The van der Waals surface area contributed by atoms with Gasteiger partial charge in [0.05, 0.1) is 11.6 Å². The van der Waals surface area contributed by atoms with E-state index in [1.165, 1.54) is 12.8 Å². The van der Waals surface area contributed by atoms with E-state index in [0.717, 1.165) is 44.9 Å². The summed E-state index contributed by atoms with van der Waals surface area (Å²) >= 11 is 6.16. The zero-order chi connectivity index (χ0) is 20.6. The molecule has 1 aliphatic carbocycles. The lowest BCUT2D eigenvalue weighted by atomic mass is 10.1. The Labute approximate surface area is 179 Å². The van der Waals surface area contributed by atoms with Crippen molar-refractivity contribution in [2.45, 2.75) is 58.1 Å². The Morgan fingerprint density at radius 2 is 2.07 bits per heavy atom. The summed E-state index contributed by atoms with van der Waals surface area (Å²) in [7, 11) is 0. The third-order valence-corrected chi connectivity index (χ3v) is 5.87. The molecule has 0 bridgehead atoms. The lowest BCUT2D eigenvalue weighted by Crippen LogP contribution is -2.45. The Hall–Kier alpha value is -1.95. The van der Waals surface area contributed by atoms with Crippen LogP contribution >= 0.6 is 11.6 Å². The standard InChI is InChI=1S/C22H33ClN4O2/c1-3-24-22(25-14-16(2)29-20-11-7-6-10-19(20)23)26-18-12-13-27(15-18)21(28)17-8-4-5-9-17/h6-7,10-11,16-18H,3-5,8-9,12-15H2,1-2H3,(H2,24,25,26). The summed E-state index contributed by atoms with van der Waals surface area (Å²) in [6.07, 6.45) is 5.35. The van der Waals surface area contributed by atoms with Crippen LogP contribution in [0.1, 0.15) is 46.0 Å². The van der Waals surface area contributed by atoms with Gasteiger partial charge in [0.1, 0.15) is 11.9 Å². The fraction of sp³-hybridized carbons (Fsp3) is 0.636. The molecule has 1 amide bonds. The average Bonchev–Trinajstić information content (AvgIpc) is 3.40. The molecular weight excluding hydrogens is 388 g/mol. The maximum atomic E-state index is 12.6. The van der Waals surface area contributed by atoms with Crippen LogP contribution in [0.4, 0.5) is 0 Å². The van der Waals surface area contributed by atoms with E-state index in [-0.39, 0.29) is 18.1 Å². The van der Waals surface area contributed by atoms with Gasteiger partial charge in [-0.1, -0.05) is 36.6 Å². The number of hydrogen-bond donors (Lipinski definition) is 2. The number of nitrogens with one attached hydrogen (secondary N) is 2. The molecule has 0 radical (unpaired) electrons. The summed E-state index contributed by atoms with van der Waals surface area (Å²) in [4.78, 5) is 19.3. The fourth-order valence-electron chi connectivity index (χ4n) is 4.04. The number of rotatable bonds is 7. The summed E-state index contributed by atoms with van der Waals surface area (Å²) in [5.41, 5.74) is 0. The predicted octanol–water partition coefficient (Wildman–Crippen LogP) is 3.45. The van der Waals surface area contributed by atoms with Gasteiger partial charge in [-0.15, -0.1) is 0 Å². The number of guanidine groups is 1. The van der Waals surface area contributed by atoms with E-state index in [4.69, 9.17) is 16.3 Å². The van der Waals surface area contributed by atoms with Crippen LogP contribution < -0.4 is 15.4 Å². The van der Waals surface area contributed by atoms with Crippen molar-refractivity contribution in [3.05, 3.63) is 29.3 Å². The molecule has 2 atom stereocenters. The topological polar surface area (TPSA) is 66.0 Å². The second kappa shape index (κ2) is 10.7. The minimum Gasteiger partial charge on any atom is -0.487 e. The van der Waals surface area contributed by atoms with Gasteiger partial charge in [0.25, 0.3) is 0 Å². The zero-order valence-corrected chi connectivity index (χ0v) is 18.3. The number of nitrogens with zero attached hydrogens (tertiary/aromatic N) is 2. The van der Waals surface area contributed by atoms with Crippen molar-refractivity contribution in [1.29, 1.82) is 0 Å². The molecule has 2 N–H and O–H groups in total. The zero-order valence-electron chi connectivity index (χ0n) is 17.5. The van der Waals surface area contributed by atoms with Gasteiger partial charge < -0.3 is 20.3 Å². The van der Waals surface area contributed by atoms with Gasteiger partial charge in [0.2, 0.25) is 5.91 Å². The fourth-order valence-corrected chi connectivity index (χ4v) is 4.22. The van der Waals surface area contributed by atoms with E-state index >= 15 is 0 Å². The van der Waals surface area contributed by atoms with Crippen LogP contribution in [0.5, 0.6) is 5.75 Å². The maximum Gasteiger partial charge on any atom is 0.225 e. The van der Waals surface area contributed by atoms with E-state index in [2.05, 4.69) is 15.6 Å². The maximum absolute atomic E-state index is 12.6. The third-order valence-electron chi connectivity index (χ3n) is 5.56. The minimum absolute atomic E-state index is 0.102. The highest BCUT2D eigenvalue weighted by molar-refractivity contribution is 6.32. The Bertz CT molecular complexity index is 706. The largest absolute Gasteiger partial charge is 0.487 e. The number of para-hydroxylation sites is 1. The van der Waals surface area contributed by atoms with Gasteiger partial charge in [-0.2, -0.15) is 0 Å². The molecule has 7 heteroatoms. The summed E-state index contributed by atoms with van der Waals surface area (Å²) in [5, 5.41) is 7.38. The Balaban J connectivity index is 1.50. The van der Waals surface area contributed by atoms with Crippen LogP contribution in [-0.4, -0.2) is 55.1 Å². The first-order valence-corrected chi connectivity index (χ1v) is 11.2. The first-order valence-electron chi connectivity index (χ1n) is 10.8.